The van der Waals surface area contributed by atoms with Crippen LogP contribution in [0.25, 0.3) is 11.3 Å². The van der Waals surface area contributed by atoms with E-state index in [2.05, 4.69) is 20.5 Å². The number of pyridine rings is 1. The SMILES string of the molecule is Cc1nc(-c2ccccc2)ccc1C(=O)N1CCN(CC(=O)Nc2nncs2)CC1. The number of hydrogen-bond donors (Lipinski definition) is 1. The number of aryl methyl sites for hydroxylation is 1. The van der Waals surface area contributed by atoms with E-state index >= 15 is 0 Å². The Morgan fingerprint density at radius 3 is 2.50 bits per heavy atom. The number of piperazine rings is 1. The fourth-order valence-corrected chi connectivity index (χ4v) is 3.89. The summed E-state index contributed by atoms with van der Waals surface area (Å²) in [5.74, 6) is -0.138. The lowest BCUT2D eigenvalue weighted by Gasteiger charge is -2.34. The molecule has 1 aliphatic heterocycles. The summed E-state index contributed by atoms with van der Waals surface area (Å²) >= 11 is 1.28. The number of aromatic nitrogens is 3. The fraction of sp³-hybridized carbons (Fsp3) is 0.286. The maximum absolute atomic E-state index is 13.0. The highest BCUT2D eigenvalue weighted by molar-refractivity contribution is 7.13. The Morgan fingerprint density at radius 2 is 1.83 bits per heavy atom. The Labute approximate surface area is 178 Å². The third-order valence-electron chi connectivity index (χ3n) is 5.02. The number of carbonyl (C=O) groups excluding carboxylic acids is 2. The Kier molecular flexibility index (Phi) is 6.10. The summed E-state index contributed by atoms with van der Waals surface area (Å²) in [6.45, 7) is 4.57. The van der Waals surface area contributed by atoms with Crippen LogP contribution >= 0.6 is 11.3 Å². The molecule has 0 bridgehead atoms. The second-order valence-corrected chi connectivity index (χ2v) is 7.89. The van der Waals surface area contributed by atoms with Crippen LogP contribution in [0.1, 0.15) is 16.1 Å². The average Bonchev–Trinajstić information content (AvgIpc) is 3.27. The zero-order valence-electron chi connectivity index (χ0n) is 16.6. The van der Waals surface area contributed by atoms with Crippen molar-refractivity contribution in [1.29, 1.82) is 0 Å². The normalized spacial score (nSPS) is 14.5. The molecule has 2 amide bonds. The number of nitrogens with zero attached hydrogens (tertiary/aromatic N) is 5. The quantitative estimate of drug-likeness (QED) is 0.678. The molecule has 0 atom stereocenters. The lowest BCUT2D eigenvalue weighted by Crippen LogP contribution is -2.50. The molecule has 1 aromatic carbocycles. The highest BCUT2D eigenvalue weighted by atomic mass is 32.1. The van der Waals surface area contributed by atoms with Gasteiger partial charge in [0, 0.05) is 31.7 Å². The molecule has 1 fully saturated rings. The van der Waals surface area contributed by atoms with E-state index in [4.69, 9.17) is 0 Å². The summed E-state index contributed by atoms with van der Waals surface area (Å²) in [6, 6.07) is 13.7. The summed E-state index contributed by atoms with van der Waals surface area (Å²) in [7, 11) is 0. The maximum Gasteiger partial charge on any atom is 0.255 e. The van der Waals surface area contributed by atoms with Crippen LogP contribution in [-0.2, 0) is 4.79 Å². The van der Waals surface area contributed by atoms with E-state index in [1.165, 1.54) is 11.3 Å². The predicted molar refractivity (Wildman–Crippen MR) is 115 cm³/mol. The highest BCUT2D eigenvalue weighted by Gasteiger charge is 2.25. The van der Waals surface area contributed by atoms with Gasteiger partial charge in [0.2, 0.25) is 11.0 Å². The fourth-order valence-electron chi connectivity index (χ4n) is 3.43. The van der Waals surface area contributed by atoms with Crippen LogP contribution in [0.3, 0.4) is 0 Å². The van der Waals surface area contributed by atoms with Crippen LogP contribution in [0.5, 0.6) is 0 Å². The lowest BCUT2D eigenvalue weighted by atomic mass is 10.1. The van der Waals surface area contributed by atoms with E-state index in [1.54, 1.807) is 5.51 Å². The molecule has 0 radical (unpaired) electrons. The molecule has 4 rings (SSSR count). The first-order valence-electron chi connectivity index (χ1n) is 9.71. The third kappa shape index (κ3) is 4.69. The first-order valence-corrected chi connectivity index (χ1v) is 10.6. The number of hydrogen-bond acceptors (Lipinski definition) is 7. The molecule has 0 saturated carbocycles. The smallest absolute Gasteiger partial charge is 0.255 e. The molecular weight excluding hydrogens is 400 g/mol. The minimum Gasteiger partial charge on any atom is -0.336 e. The minimum absolute atomic E-state index is 0.0161. The highest BCUT2D eigenvalue weighted by Crippen LogP contribution is 2.20. The van der Waals surface area contributed by atoms with Crippen molar-refractivity contribution in [2.75, 3.05) is 38.0 Å². The van der Waals surface area contributed by atoms with E-state index < -0.39 is 0 Å². The van der Waals surface area contributed by atoms with Gasteiger partial charge in [0.25, 0.3) is 5.91 Å². The number of amides is 2. The molecule has 0 unspecified atom stereocenters. The van der Waals surface area contributed by atoms with E-state index in [9.17, 15) is 9.59 Å². The first-order chi connectivity index (χ1) is 14.6. The Morgan fingerprint density at radius 1 is 1.07 bits per heavy atom. The van der Waals surface area contributed by atoms with Crippen LogP contribution in [0.2, 0.25) is 0 Å². The molecule has 154 valence electrons. The second kappa shape index (κ2) is 9.10. The molecule has 0 spiro atoms. The summed E-state index contributed by atoms with van der Waals surface area (Å²) < 4.78 is 0. The molecule has 3 aromatic rings. The van der Waals surface area contributed by atoms with Gasteiger partial charge in [0.1, 0.15) is 5.51 Å². The molecule has 1 N–H and O–H groups in total. The molecule has 1 aliphatic rings. The molecule has 30 heavy (non-hydrogen) atoms. The molecule has 0 aliphatic carbocycles. The third-order valence-corrected chi connectivity index (χ3v) is 5.63. The van der Waals surface area contributed by atoms with Gasteiger partial charge in [-0.1, -0.05) is 41.7 Å². The summed E-state index contributed by atoms with van der Waals surface area (Å²) in [5.41, 5.74) is 4.80. The van der Waals surface area contributed by atoms with Crippen LogP contribution < -0.4 is 5.32 Å². The Hall–Kier alpha value is -3.17. The van der Waals surface area contributed by atoms with Gasteiger partial charge in [0.05, 0.1) is 23.5 Å². The number of nitrogens with one attached hydrogen (secondary N) is 1. The molecule has 8 nitrogen and oxygen atoms in total. The van der Waals surface area contributed by atoms with Crippen molar-refractivity contribution in [3.8, 4) is 11.3 Å². The van der Waals surface area contributed by atoms with Crippen molar-refractivity contribution in [2.24, 2.45) is 0 Å². The van der Waals surface area contributed by atoms with Crippen molar-refractivity contribution in [3.63, 3.8) is 0 Å². The van der Waals surface area contributed by atoms with E-state index in [0.717, 1.165) is 17.0 Å². The number of carbonyl (C=O) groups is 2. The summed E-state index contributed by atoms with van der Waals surface area (Å²) in [4.78, 5) is 33.6. The van der Waals surface area contributed by atoms with Gasteiger partial charge in [-0.05, 0) is 19.1 Å². The van der Waals surface area contributed by atoms with Crippen molar-refractivity contribution in [2.45, 2.75) is 6.92 Å². The average molecular weight is 423 g/mol. The van der Waals surface area contributed by atoms with Crippen LogP contribution in [0.4, 0.5) is 5.13 Å². The van der Waals surface area contributed by atoms with Gasteiger partial charge in [-0.25, -0.2) is 0 Å². The van der Waals surface area contributed by atoms with Crippen LogP contribution in [0.15, 0.2) is 48.0 Å². The predicted octanol–water partition coefficient (Wildman–Crippen LogP) is 2.31. The van der Waals surface area contributed by atoms with Crippen molar-refractivity contribution < 1.29 is 9.59 Å². The zero-order valence-corrected chi connectivity index (χ0v) is 17.4. The first kappa shape index (κ1) is 20.1. The monoisotopic (exact) mass is 422 g/mol. The van der Waals surface area contributed by atoms with Gasteiger partial charge in [-0.2, -0.15) is 0 Å². The summed E-state index contributed by atoms with van der Waals surface area (Å²) in [5, 5.41) is 10.7. The molecule has 2 aromatic heterocycles. The molecular formula is C21H22N6O2S. The van der Waals surface area contributed by atoms with Crippen molar-refractivity contribution in [1.82, 2.24) is 25.0 Å². The van der Waals surface area contributed by atoms with Gasteiger partial charge >= 0.3 is 0 Å². The van der Waals surface area contributed by atoms with Gasteiger partial charge in [-0.15, -0.1) is 10.2 Å². The number of rotatable bonds is 5. The molecule has 9 heteroatoms. The number of anilines is 1. The van der Waals surface area contributed by atoms with Crippen LogP contribution in [-0.4, -0.2) is 69.5 Å². The van der Waals surface area contributed by atoms with Crippen molar-refractivity contribution in [3.05, 3.63) is 59.2 Å². The minimum atomic E-state index is -0.122. The Balaban J connectivity index is 1.33. The summed E-state index contributed by atoms with van der Waals surface area (Å²) in [6.07, 6.45) is 0. The van der Waals surface area contributed by atoms with E-state index in [1.807, 2.05) is 59.2 Å². The topological polar surface area (TPSA) is 91.3 Å². The van der Waals surface area contributed by atoms with Gasteiger partial charge < -0.3 is 4.90 Å². The van der Waals surface area contributed by atoms with Crippen LogP contribution in [0, 0.1) is 6.92 Å². The molecule has 3 heterocycles. The lowest BCUT2D eigenvalue weighted by molar-refractivity contribution is -0.117. The van der Waals surface area contributed by atoms with E-state index in [-0.39, 0.29) is 18.4 Å². The van der Waals surface area contributed by atoms with Crippen molar-refractivity contribution >= 4 is 28.3 Å². The largest absolute Gasteiger partial charge is 0.336 e. The molecule has 1 saturated heterocycles. The van der Waals surface area contributed by atoms with Gasteiger partial charge in [-0.3, -0.25) is 24.8 Å². The van der Waals surface area contributed by atoms with Gasteiger partial charge in [0.15, 0.2) is 0 Å². The Bertz CT molecular complexity index is 1020. The second-order valence-electron chi connectivity index (χ2n) is 7.06. The zero-order chi connectivity index (χ0) is 20.9. The number of benzene rings is 1. The standard InChI is InChI=1S/C21H22N6O2S/c1-15-17(7-8-18(23-15)16-5-3-2-4-6-16)20(29)27-11-9-26(10-12-27)13-19(28)24-21-25-22-14-30-21/h2-8,14H,9-13H2,1H3,(H,24,25,28). The maximum atomic E-state index is 13.0. The van der Waals surface area contributed by atoms with E-state index in [0.29, 0.717) is 36.9 Å².